The van der Waals surface area contributed by atoms with Crippen molar-refractivity contribution in [2.24, 2.45) is 0 Å². The van der Waals surface area contributed by atoms with E-state index in [-0.39, 0.29) is 12.6 Å². The first-order valence-corrected chi connectivity index (χ1v) is 8.29. The highest BCUT2D eigenvalue weighted by Crippen LogP contribution is 2.15. The van der Waals surface area contributed by atoms with E-state index in [1.165, 1.54) is 0 Å². The minimum Gasteiger partial charge on any atom is -0.387 e. The van der Waals surface area contributed by atoms with E-state index >= 15 is 0 Å². The molecule has 1 aliphatic heterocycles. The maximum absolute atomic E-state index is 11.9. The number of carbonyl (C=O) groups is 1. The molecule has 0 spiro atoms. The van der Waals surface area contributed by atoms with Gasteiger partial charge in [-0.3, -0.25) is 0 Å². The highest BCUT2D eigenvalue weighted by Gasteiger charge is 2.13. The number of ether oxygens (including phenoxy) is 1. The zero-order chi connectivity index (χ0) is 17.5. The summed E-state index contributed by atoms with van der Waals surface area (Å²) < 4.78 is 5.32. The number of hydrogen-bond donors (Lipinski definition) is 3. The van der Waals surface area contributed by atoms with Gasteiger partial charge in [-0.25, -0.2) is 9.78 Å². The smallest absolute Gasteiger partial charge is 0.319 e. The van der Waals surface area contributed by atoms with Crippen molar-refractivity contribution < 1.29 is 14.6 Å². The molecule has 2 aromatic rings. The van der Waals surface area contributed by atoms with E-state index in [2.05, 4.69) is 20.5 Å². The van der Waals surface area contributed by atoms with Crippen molar-refractivity contribution in [3.05, 3.63) is 54.2 Å². The number of carbonyl (C=O) groups excluding carboxylic acids is 1. The van der Waals surface area contributed by atoms with Gasteiger partial charge in [0.1, 0.15) is 5.82 Å². The Hall–Kier alpha value is -2.64. The number of aromatic nitrogens is 1. The third-order valence-electron chi connectivity index (χ3n) is 3.98. The fourth-order valence-electron chi connectivity index (χ4n) is 2.60. The minimum atomic E-state index is -0.742. The number of nitrogens with zero attached hydrogens (tertiary/aromatic N) is 2. The Labute approximate surface area is 146 Å². The predicted octanol–water partition coefficient (Wildman–Crippen LogP) is 1.77. The summed E-state index contributed by atoms with van der Waals surface area (Å²) in [6.07, 6.45) is 0.881. The minimum absolute atomic E-state index is 0.134. The molecule has 7 heteroatoms. The molecule has 3 N–H and O–H groups in total. The second kappa shape index (κ2) is 8.46. The molecule has 0 bridgehead atoms. The predicted molar refractivity (Wildman–Crippen MR) is 95.7 cm³/mol. The van der Waals surface area contributed by atoms with E-state index in [9.17, 15) is 9.90 Å². The van der Waals surface area contributed by atoms with Crippen LogP contribution in [-0.4, -0.2) is 49.0 Å². The van der Waals surface area contributed by atoms with Crippen molar-refractivity contribution in [3.8, 4) is 0 Å². The van der Waals surface area contributed by atoms with Gasteiger partial charge in [0.15, 0.2) is 0 Å². The molecule has 2 amide bonds. The number of urea groups is 1. The molecule has 2 heterocycles. The van der Waals surface area contributed by atoms with E-state index < -0.39 is 6.10 Å². The molecular weight excluding hydrogens is 320 g/mol. The van der Waals surface area contributed by atoms with Crippen LogP contribution in [0.3, 0.4) is 0 Å². The second-order valence-corrected chi connectivity index (χ2v) is 5.77. The summed E-state index contributed by atoms with van der Waals surface area (Å²) in [5, 5.41) is 15.4. The van der Waals surface area contributed by atoms with Crippen LogP contribution in [0.25, 0.3) is 0 Å². The van der Waals surface area contributed by atoms with Gasteiger partial charge < -0.3 is 25.4 Å². The van der Waals surface area contributed by atoms with E-state index in [4.69, 9.17) is 4.74 Å². The molecule has 1 aliphatic rings. The van der Waals surface area contributed by atoms with E-state index in [0.29, 0.717) is 18.9 Å². The molecule has 1 fully saturated rings. The Morgan fingerprint density at radius 1 is 1.20 bits per heavy atom. The summed E-state index contributed by atoms with van der Waals surface area (Å²) in [7, 11) is 0. The van der Waals surface area contributed by atoms with Crippen LogP contribution in [0.2, 0.25) is 0 Å². The number of aliphatic hydroxyl groups excluding tert-OH is 1. The number of aliphatic hydroxyl groups is 1. The van der Waals surface area contributed by atoms with Gasteiger partial charge >= 0.3 is 6.03 Å². The first-order chi connectivity index (χ1) is 12.2. The first kappa shape index (κ1) is 17.2. The molecule has 1 atom stereocenters. The molecule has 25 heavy (non-hydrogen) atoms. The highest BCUT2D eigenvalue weighted by atomic mass is 16.5. The quantitative estimate of drug-likeness (QED) is 0.771. The van der Waals surface area contributed by atoms with Gasteiger partial charge in [0.05, 0.1) is 31.2 Å². The summed E-state index contributed by atoms with van der Waals surface area (Å²) in [5.41, 5.74) is 1.36. The van der Waals surface area contributed by atoms with Crippen molar-refractivity contribution in [2.75, 3.05) is 43.1 Å². The lowest BCUT2D eigenvalue weighted by atomic mass is 10.1. The highest BCUT2D eigenvalue weighted by molar-refractivity contribution is 5.89. The van der Waals surface area contributed by atoms with Gasteiger partial charge in [0, 0.05) is 19.6 Å². The van der Waals surface area contributed by atoms with E-state index in [1.54, 1.807) is 6.20 Å². The van der Waals surface area contributed by atoms with Crippen molar-refractivity contribution in [3.63, 3.8) is 0 Å². The number of morpholine rings is 1. The number of hydrogen-bond acceptors (Lipinski definition) is 5. The Morgan fingerprint density at radius 2 is 1.96 bits per heavy atom. The summed E-state index contributed by atoms with van der Waals surface area (Å²) >= 11 is 0. The monoisotopic (exact) mass is 342 g/mol. The van der Waals surface area contributed by atoms with Crippen molar-refractivity contribution >= 4 is 17.5 Å². The molecule has 132 valence electrons. The molecule has 1 saturated heterocycles. The number of amides is 2. The SMILES string of the molecule is O=C(NCC(O)c1ccccc1)Nc1ccc(N2CCOCC2)nc1. The van der Waals surface area contributed by atoms with Crippen molar-refractivity contribution in [1.82, 2.24) is 10.3 Å². The van der Waals surface area contributed by atoms with Crippen LogP contribution >= 0.6 is 0 Å². The molecular formula is C18H22N4O3. The third kappa shape index (κ3) is 4.91. The first-order valence-electron chi connectivity index (χ1n) is 8.29. The Morgan fingerprint density at radius 3 is 2.64 bits per heavy atom. The van der Waals surface area contributed by atoms with Crippen LogP contribution in [-0.2, 0) is 4.74 Å². The molecule has 3 rings (SSSR count). The van der Waals surface area contributed by atoms with E-state index in [1.807, 2.05) is 42.5 Å². The maximum Gasteiger partial charge on any atom is 0.319 e. The van der Waals surface area contributed by atoms with Gasteiger partial charge in [-0.1, -0.05) is 30.3 Å². The Bertz CT molecular complexity index is 672. The normalized spacial score (nSPS) is 15.5. The topological polar surface area (TPSA) is 86.7 Å². The zero-order valence-corrected chi connectivity index (χ0v) is 13.9. The number of pyridine rings is 1. The maximum atomic E-state index is 11.9. The molecule has 0 aliphatic carbocycles. The number of benzene rings is 1. The largest absolute Gasteiger partial charge is 0.387 e. The van der Waals surface area contributed by atoms with Crippen LogP contribution in [0, 0.1) is 0 Å². The number of anilines is 2. The number of nitrogens with one attached hydrogen (secondary N) is 2. The van der Waals surface area contributed by atoms with Gasteiger partial charge in [-0.05, 0) is 17.7 Å². The molecule has 7 nitrogen and oxygen atoms in total. The Balaban J connectivity index is 1.47. The molecule has 1 aromatic carbocycles. The summed E-state index contributed by atoms with van der Waals surface area (Å²) in [6.45, 7) is 3.17. The zero-order valence-electron chi connectivity index (χ0n) is 13.9. The summed E-state index contributed by atoms with van der Waals surface area (Å²) in [4.78, 5) is 18.5. The lowest BCUT2D eigenvalue weighted by Crippen LogP contribution is -2.36. The molecule has 1 unspecified atom stereocenters. The standard InChI is InChI=1S/C18H22N4O3/c23-16(14-4-2-1-3-5-14)13-20-18(24)21-15-6-7-17(19-12-15)22-8-10-25-11-9-22/h1-7,12,16,23H,8-11,13H2,(H2,20,21,24). The second-order valence-electron chi connectivity index (χ2n) is 5.77. The van der Waals surface area contributed by atoms with Gasteiger partial charge in [-0.2, -0.15) is 0 Å². The molecule has 1 aromatic heterocycles. The van der Waals surface area contributed by atoms with Gasteiger partial charge in [0.25, 0.3) is 0 Å². The lowest BCUT2D eigenvalue weighted by Gasteiger charge is -2.27. The van der Waals surface area contributed by atoms with Crippen molar-refractivity contribution in [2.45, 2.75) is 6.10 Å². The lowest BCUT2D eigenvalue weighted by molar-refractivity contribution is 0.122. The summed E-state index contributed by atoms with van der Waals surface area (Å²) in [5.74, 6) is 0.869. The van der Waals surface area contributed by atoms with Crippen LogP contribution in [0.1, 0.15) is 11.7 Å². The van der Waals surface area contributed by atoms with Gasteiger partial charge in [0.2, 0.25) is 0 Å². The average molecular weight is 342 g/mol. The van der Waals surface area contributed by atoms with Crippen LogP contribution < -0.4 is 15.5 Å². The fourth-order valence-corrected chi connectivity index (χ4v) is 2.60. The van der Waals surface area contributed by atoms with Crippen LogP contribution in [0.4, 0.5) is 16.3 Å². The fraction of sp³-hybridized carbons (Fsp3) is 0.333. The average Bonchev–Trinajstić information content (AvgIpc) is 2.68. The third-order valence-corrected chi connectivity index (χ3v) is 3.98. The van der Waals surface area contributed by atoms with Crippen LogP contribution in [0.15, 0.2) is 48.7 Å². The summed E-state index contributed by atoms with van der Waals surface area (Å²) in [6, 6.07) is 12.5. The van der Waals surface area contributed by atoms with Crippen LogP contribution in [0.5, 0.6) is 0 Å². The van der Waals surface area contributed by atoms with Crippen molar-refractivity contribution in [1.29, 1.82) is 0 Å². The van der Waals surface area contributed by atoms with Gasteiger partial charge in [-0.15, -0.1) is 0 Å². The Kier molecular flexibility index (Phi) is 5.81. The van der Waals surface area contributed by atoms with E-state index in [0.717, 1.165) is 24.5 Å². The number of rotatable bonds is 5. The molecule has 0 saturated carbocycles. The molecule has 0 radical (unpaired) electrons.